The molecule has 0 saturated carbocycles. The number of benzene rings is 8. The van der Waals surface area contributed by atoms with Crippen LogP contribution in [0.3, 0.4) is 0 Å². The number of hydrogen-bond acceptors (Lipinski definition) is 2. The molecule has 0 saturated heterocycles. The molecule has 69 heavy (non-hydrogen) atoms. The topological polar surface area (TPSA) is 21.1 Å². The molecule has 2 aromatic heterocycles. The highest BCUT2D eigenvalue weighted by molar-refractivity contribution is 6.10. The maximum absolute atomic E-state index is 5.40. The summed E-state index contributed by atoms with van der Waals surface area (Å²) in [5.41, 5.74) is 20.6. The number of nitrogens with zero attached hydrogens (tertiary/aromatic N) is 3. The predicted octanol–water partition coefficient (Wildman–Crippen LogP) is 18.9. The number of aromatic nitrogens is 2. The quantitative estimate of drug-likeness (QED) is 0.101. The number of rotatable bonds is 14. The minimum absolute atomic E-state index is 0.823. The van der Waals surface area contributed by atoms with Gasteiger partial charge in [0.25, 0.3) is 0 Å². The van der Waals surface area contributed by atoms with Crippen LogP contribution in [0.1, 0.15) is 69.3 Å². The van der Waals surface area contributed by atoms with Gasteiger partial charge in [-0.15, -0.1) is 0 Å². The molecule has 0 N–H and O–H groups in total. The molecule has 0 aliphatic heterocycles. The lowest BCUT2D eigenvalue weighted by Gasteiger charge is -2.26. The van der Waals surface area contributed by atoms with E-state index in [2.05, 4.69) is 262 Å². The van der Waals surface area contributed by atoms with E-state index in [9.17, 15) is 0 Å². The van der Waals surface area contributed by atoms with Crippen molar-refractivity contribution < 1.29 is 0 Å². The van der Waals surface area contributed by atoms with Gasteiger partial charge in [0.15, 0.2) is 0 Å². The SMILES string of the molecule is C=Cc1c(/C(C)=C/CC)c(/C(=C/C(=C\CC)c2cccc(N(c3ccc(-c4ccccc4)cc3)c3ccc(-c4ccc5c(c4)c4ccccc4n5-c4ccccc4)cc3)c2)CC)nc2ccccc12. The van der Waals surface area contributed by atoms with Gasteiger partial charge in [-0.25, -0.2) is 4.98 Å². The molecule has 0 aliphatic rings. The van der Waals surface area contributed by atoms with E-state index in [-0.39, 0.29) is 0 Å². The Hall–Kier alpha value is -8.27. The van der Waals surface area contributed by atoms with Gasteiger partial charge in [-0.2, -0.15) is 0 Å². The van der Waals surface area contributed by atoms with Gasteiger partial charge in [0.2, 0.25) is 0 Å². The molecule has 3 heteroatoms. The first-order valence-corrected chi connectivity index (χ1v) is 24.4. The van der Waals surface area contributed by atoms with Crippen molar-refractivity contribution in [3.05, 3.63) is 247 Å². The zero-order valence-corrected chi connectivity index (χ0v) is 40.0. The van der Waals surface area contributed by atoms with Crippen LogP contribution in [0.4, 0.5) is 17.1 Å². The fourth-order valence-electron chi connectivity index (χ4n) is 10.0. The first kappa shape index (κ1) is 44.6. The van der Waals surface area contributed by atoms with Gasteiger partial charge in [-0.05, 0) is 155 Å². The Morgan fingerprint density at radius 1 is 0.536 bits per heavy atom. The van der Waals surface area contributed by atoms with Crippen molar-refractivity contribution in [2.75, 3.05) is 4.90 Å². The van der Waals surface area contributed by atoms with Crippen LogP contribution >= 0.6 is 0 Å². The summed E-state index contributed by atoms with van der Waals surface area (Å²) < 4.78 is 2.37. The molecule has 10 rings (SSSR count). The number of hydrogen-bond donors (Lipinski definition) is 0. The Morgan fingerprint density at radius 3 is 1.81 bits per heavy atom. The van der Waals surface area contributed by atoms with Crippen LogP contribution in [0.2, 0.25) is 0 Å². The minimum atomic E-state index is 0.823. The van der Waals surface area contributed by atoms with E-state index in [1.807, 2.05) is 6.08 Å². The number of fused-ring (bicyclic) bond motifs is 4. The normalized spacial score (nSPS) is 12.3. The summed E-state index contributed by atoms with van der Waals surface area (Å²) in [5, 5.41) is 3.61. The van der Waals surface area contributed by atoms with Crippen molar-refractivity contribution in [1.82, 2.24) is 9.55 Å². The number of pyridine rings is 1. The molecule has 0 atom stereocenters. The van der Waals surface area contributed by atoms with Crippen molar-refractivity contribution in [2.24, 2.45) is 0 Å². The van der Waals surface area contributed by atoms with Gasteiger partial charge >= 0.3 is 0 Å². The molecule has 10 aromatic rings. The molecule has 8 aromatic carbocycles. The average Bonchev–Trinajstić information content (AvgIpc) is 3.74. The first-order chi connectivity index (χ1) is 34.0. The van der Waals surface area contributed by atoms with Gasteiger partial charge in [0.1, 0.15) is 0 Å². The molecule has 336 valence electrons. The van der Waals surface area contributed by atoms with Crippen molar-refractivity contribution in [2.45, 2.75) is 47.0 Å². The van der Waals surface area contributed by atoms with Crippen molar-refractivity contribution in [3.8, 4) is 27.9 Å². The monoisotopic (exact) mass is 891 g/mol. The fraction of sp³-hybridized carbons (Fsp3) is 0.106. The van der Waals surface area contributed by atoms with Crippen LogP contribution in [0.5, 0.6) is 0 Å². The highest BCUT2D eigenvalue weighted by Gasteiger charge is 2.20. The summed E-state index contributed by atoms with van der Waals surface area (Å²) in [4.78, 5) is 7.78. The molecule has 0 amide bonds. The van der Waals surface area contributed by atoms with Gasteiger partial charge in [-0.1, -0.05) is 173 Å². The lowest BCUT2D eigenvalue weighted by Crippen LogP contribution is -2.10. The van der Waals surface area contributed by atoms with E-state index in [0.717, 1.165) is 75.3 Å². The third kappa shape index (κ3) is 8.76. The van der Waals surface area contributed by atoms with Crippen LogP contribution < -0.4 is 4.90 Å². The number of anilines is 3. The third-order valence-corrected chi connectivity index (χ3v) is 13.3. The standard InChI is InChI=1S/C66H57N3/c1-6-21-46(5)65-58(9-4)59-29-16-18-31-62(59)67-66(65)47(8-3)43-51(22-7-2)52-25-20-28-57(44-52)68(55-38-33-49(34-39-55)48-23-12-10-13-24-48)56-40-35-50(36-41-56)53-37-42-64-61(45-53)60-30-17-19-32-63(60)69(64)54-26-14-11-15-27-54/h9-45H,4,6-8H2,1-3,5H3/b46-21+,47-43+,51-22+. The fourth-order valence-corrected chi connectivity index (χ4v) is 10.0. The highest BCUT2D eigenvalue weighted by atomic mass is 15.1. The maximum atomic E-state index is 5.40. The lowest BCUT2D eigenvalue weighted by atomic mass is 9.89. The molecule has 2 heterocycles. The van der Waals surface area contributed by atoms with Crippen LogP contribution in [-0.2, 0) is 0 Å². The summed E-state index contributed by atoms with van der Waals surface area (Å²) in [6.45, 7) is 13.2. The van der Waals surface area contributed by atoms with Crippen LogP contribution in [0.15, 0.2) is 225 Å². The Morgan fingerprint density at radius 2 is 1.13 bits per heavy atom. The molecule has 0 aliphatic carbocycles. The van der Waals surface area contributed by atoms with Gasteiger partial charge in [-0.3, -0.25) is 0 Å². The number of allylic oxidation sites excluding steroid dienone is 6. The Bertz CT molecular complexity index is 3550. The highest BCUT2D eigenvalue weighted by Crippen LogP contribution is 2.41. The molecule has 0 bridgehead atoms. The summed E-state index contributed by atoms with van der Waals surface area (Å²) in [6, 6.07) is 72.3. The second-order valence-corrected chi connectivity index (χ2v) is 17.6. The van der Waals surface area contributed by atoms with Crippen molar-refractivity contribution in [1.29, 1.82) is 0 Å². The Balaban J connectivity index is 1.07. The molecule has 0 radical (unpaired) electrons. The van der Waals surface area contributed by atoms with E-state index in [0.29, 0.717) is 0 Å². The minimum Gasteiger partial charge on any atom is -0.310 e. The smallest absolute Gasteiger partial charge is 0.0750 e. The van der Waals surface area contributed by atoms with Gasteiger partial charge < -0.3 is 9.47 Å². The van der Waals surface area contributed by atoms with E-state index >= 15 is 0 Å². The molecular formula is C66H57N3. The zero-order valence-electron chi connectivity index (χ0n) is 40.0. The van der Waals surface area contributed by atoms with Gasteiger partial charge in [0.05, 0.1) is 22.2 Å². The number of para-hydroxylation sites is 3. The van der Waals surface area contributed by atoms with E-state index in [1.54, 1.807) is 0 Å². The Kier molecular flexibility index (Phi) is 12.9. The zero-order chi connectivity index (χ0) is 47.3. The Labute approximate surface area is 407 Å². The second-order valence-electron chi connectivity index (χ2n) is 17.6. The summed E-state index contributed by atoms with van der Waals surface area (Å²) in [6.07, 6.45) is 11.7. The molecule has 0 fully saturated rings. The summed E-state index contributed by atoms with van der Waals surface area (Å²) in [7, 11) is 0. The van der Waals surface area contributed by atoms with Crippen LogP contribution in [0.25, 0.3) is 83.4 Å². The molecule has 0 spiro atoms. The maximum Gasteiger partial charge on any atom is 0.0750 e. The molecule has 3 nitrogen and oxygen atoms in total. The van der Waals surface area contributed by atoms with Crippen LogP contribution in [-0.4, -0.2) is 9.55 Å². The molecular weight excluding hydrogens is 835 g/mol. The lowest BCUT2D eigenvalue weighted by molar-refractivity contribution is 1.17. The van der Waals surface area contributed by atoms with Crippen LogP contribution in [0, 0.1) is 0 Å². The van der Waals surface area contributed by atoms with E-state index in [1.165, 1.54) is 60.8 Å². The summed E-state index contributed by atoms with van der Waals surface area (Å²) in [5.74, 6) is 0. The van der Waals surface area contributed by atoms with E-state index in [4.69, 9.17) is 4.98 Å². The largest absolute Gasteiger partial charge is 0.310 e. The van der Waals surface area contributed by atoms with Crippen molar-refractivity contribution >= 4 is 72.6 Å². The third-order valence-electron chi connectivity index (χ3n) is 13.3. The van der Waals surface area contributed by atoms with Crippen molar-refractivity contribution in [3.63, 3.8) is 0 Å². The first-order valence-electron chi connectivity index (χ1n) is 24.4. The van der Waals surface area contributed by atoms with Gasteiger partial charge in [0, 0.05) is 44.5 Å². The summed E-state index contributed by atoms with van der Waals surface area (Å²) >= 11 is 0. The second kappa shape index (κ2) is 19.9. The predicted molar refractivity (Wildman–Crippen MR) is 299 cm³/mol. The van der Waals surface area contributed by atoms with E-state index < -0.39 is 0 Å². The molecule has 0 unspecified atom stereocenters. The average molecular weight is 892 g/mol.